The van der Waals surface area contributed by atoms with Crippen LogP contribution in [-0.4, -0.2) is 14.3 Å². The standard InChI is InChI=1S/C24H25ClN2O3S/c1-15(2)18-8-11-20(12-9-18)26-24(28)19-10-13-21(25)23(14-19)31(29,30)27-22-7-5-6-16(3)17(22)4/h5-15,27H,1-4H3,(H,26,28). The summed E-state index contributed by atoms with van der Waals surface area (Å²) < 4.78 is 28.6. The van der Waals surface area contributed by atoms with Gasteiger partial charge in [0.25, 0.3) is 15.9 Å². The highest BCUT2D eigenvalue weighted by atomic mass is 35.5. The van der Waals surface area contributed by atoms with Crippen LogP contribution in [0.4, 0.5) is 11.4 Å². The van der Waals surface area contributed by atoms with Crippen molar-refractivity contribution in [1.82, 2.24) is 0 Å². The number of anilines is 2. The molecule has 1 amide bonds. The molecule has 5 nitrogen and oxygen atoms in total. The van der Waals surface area contributed by atoms with Crippen LogP contribution >= 0.6 is 11.6 Å². The van der Waals surface area contributed by atoms with E-state index >= 15 is 0 Å². The molecule has 0 fully saturated rings. The summed E-state index contributed by atoms with van der Waals surface area (Å²) in [6.45, 7) is 7.92. The zero-order chi connectivity index (χ0) is 22.8. The Bertz CT molecular complexity index is 1220. The topological polar surface area (TPSA) is 75.3 Å². The predicted octanol–water partition coefficient (Wildman–Crippen LogP) is 6.13. The number of nitrogens with one attached hydrogen (secondary N) is 2. The maximum absolute atomic E-state index is 13.0. The minimum Gasteiger partial charge on any atom is -0.322 e. The van der Waals surface area contributed by atoms with Gasteiger partial charge in [0.05, 0.1) is 10.7 Å². The SMILES string of the molecule is Cc1cccc(NS(=O)(=O)c2cc(C(=O)Nc3ccc(C(C)C)cc3)ccc2Cl)c1C. The first-order valence-electron chi connectivity index (χ1n) is 9.88. The van der Waals surface area contributed by atoms with Crippen LogP contribution in [-0.2, 0) is 10.0 Å². The third-order valence-corrected chi connectivity index (χ3v) is 7.01. The second kappa shape index (κ2) is 9.12. The molecule has 0 aliphatic heterocycles. The molecule has 0 saturated carbocycles. The Hall–Kier alpha value is -2.83. The summed E-state index contributed by atoms with van der Waals surface area (Å²) in [5.74, 6) is -0.0320. The second-order valence-corrected chi connectivity index (χ2v) is 9.79. The van der Waals surface area contributed by atoms with Crippen molar-refractivity contribution in [2.45, 2.75) is 38.5 Å². The molecule has 0 heterocycles. The first-order valence-corrected chi connectivity index (χ1v) is 11.7. The highest BCUT2D eigenvalue weighted by molar-refractivity contribution is 7.92. The van der Waals surface area contributed by atoms with E-state index in [1.54, 1.807) is 12.1 Å². The molecule has 3 aromatic carbocycles. The lowest BCUT2D eigenvalue weighted by Gasteiger charge is -2.14. The van der Waals surface area contributed by atoms with Crippen LogP contribution in [0.5, 0.6) is 0 Å². The summed E-state index contributed by atoms with van der Waals surface area (Å²) in [4.78, 5) is 12.6. The van der Waals surface area contributed by atoms with E-state index in [0.29, 0.717) is 17.3 Å². The van der Waals surface area contributed by atoms with Crippen LogP contribution in [0.15, 0.2) is 65.6 Å². The molecule has 0 saturated heterocycles. The van der Waals surface area contributed by atoms with Crippen molar-refractivity contribution >= 4 is 38.9 Å². The smallest absolute Gasteiger partial charge is 0.263 e. The van der Waals surface area contributed by atoms with Crippen LogP contribution < -0.4 is 10.0 Å². The monoisotopic (exact) mass is 456 g/mol. The fourth-order valence-corrected chi connectivity index (χ4v) is 4.72. The number of amides is 1. The van der Waals surface area contributed by atoms with E-state index in [-0.39, 0.29) is 15.5 Å². The Morgan fingerprint density at radius 3 is 2.29 bits per heavy atom. The average Bonchev–Trinajstić information content (AvgIpc) is 2.72. The number of carbonyl (C=O) groups excluding carboxylic acids is 1. The molecule has 0 radical (unpaired) electrons. The lowest BCUT2D eigenvalue weighted by atomic mass is 10.0. The van der Waals surface area contributed by atoms with Crippen molar-refractivity contribution in [3.63, 3.8) is 0 Å². The molecule has 3 rings (SSSR count). The van der Waals surface area contributed by atoms with Gasteiger partial charge in [0, 0.05) is 11.3 Å². The molecule has 0 atom stereocenters. The zero-order valence-electron chi connectivity index (χ0n) is 17.9. The predicted molar refractivity (Wildman–Crippen MR) is 127 cm³/mol. The highest BCUT2D eigenvalue weighted by Crippen LogP contribution is 2.27. The number of rotatable bonds is 6. The van der Waals surface area contributed by atoms with E-state index in [1.165, 1.54) is 18.2 Å². The Morgan fingerprint density at radius 1 is 0.968 bits per heavy atom. The van der Waals surface area contributed by atoms with Crippen molar-refractivity contribution in [1.29, 1.82) is 0 Å². The van der Waals surface area contributed by atoms with E-state index in [9.17, 15) is 13.2 Å². The lowest BCUT2D eigenvalue weighted by Crippen LogP contribution is -2.17. The Labute approximate surface area is 188 Å². The first-order chi connectivity index (χ1) is 14.6. The van der Waals surface area contributed by atoms with Crippen LogP contribution in [0.1, 0.15) is 46.8 Å². The Morgan fingerprint density at radius 2 is 1.65 bits per heavy atom. The molecule has 0 spiro atoms. The summed E-state index contributed by atoms with van der Waals surface area (Å²) in [5, 5.41) is 2.83. The van der Waals surface area contributed by atoms with Gasteiger partial charge in [-0.15, -0.1) is 0 Å². The molecule has 3 aromatic rings. The fraction of sp³-hybridized carbons (Fsp3) is 0.208. The number of carbonyl (C=O) groups is 1. The molecule has 0 bridgehead atoms. The number of hydrogen-bond donors (Lipinski definition) is 2. The molecule has 31 heavy (non-hydrogen) atoms. The fourth-order valence-electron chi connectivity index (χ4n) is 3.07. The summed E-state index contributed by atoms with van der Waals surface area (Å²) >= 11 is 6.18. The third kappa shape index (κ3) is 5.27. The molecule has 0 unspecified atom stereocenters. The van der Waals surface area contributed by atoms with Crippen molar-refractivity contribution in [2.24, 2.45) is 0 Å². The molecular weight excluding hydrogens is 432 g/mol. The largest absolute Gasteiger partial charge is 0.322 e. The first kappa shape index (κ1) is 22.8. The average molecular weight is 457 g/mol. The Kier molecular flexibility index (Phi) is 6.72. The summed E-state index contributed by atoms with van der Waals surface area (Å²) in [5.41, 5.74) is 4.23. The van der Waals surface area contributed by atoms with Gasteiger partial charge in [-0.2, -0.15) is 0 Å². The van der Waals surface area contributed by atoms with Crippen molar-refractivity contribution in [3.05, 3.63) is 87.9 Å². The highest BCUT2D eigenvalue weighted by Gasteiger charge is 2.21. The van der Waals surface area contributed by atoms with Gasteiger partial charge in [-0.25, -0.2) is 8.42 Å². The summed E-state index contributed by atoms with van der Waals surface area (Å²) in [6, 6.07) is 17.1. The van der Waals surface area contributed by atoms with E-state index in [0.717, 1.165) is 16.7 Å². The van der Waals surface area contributed by atoms with Crippen LogP contribution in [0.25, 0.3) is 0 Å². The van der Waals surface area contributed by atoms with Gasteiger partial charge in [0.1, 0.15) is 4.90 Å². The number of benzene rings is 3. The second-order valence-electron chi connectivity index (χ2n) is 7.73. The minimum absolute atomic E-state index is 0.0376. The molecule has 7 heteroatoms. The lowest BCUT2D eigenvalue weighted by molar-refractivity contribution is 0.102. The number of sulfonamides is 1. The quantitative estimate of drug-likeness (QED) is 0.468. The maximum atomic E-state index is 13.0. The molecule has 0 aliphatic carbocycles. The van der Waals surface area contributed by atoms with Gasteiger partial charge in [-0.1, -0.05) is 49.7 Å². The van der Waals surface area contributed by atoms with Crippen LogP contribution in [0, 0.1) is 13.8 Å². The van der Waals surface area contributed by atoms with E-state index in [1.807, 2.05) is 44.2 Å². The van der Waals surface area contributed by atoms with Gasteiger partial charge < -0.3 is 5.32 Å². The molecular formula is C24H25ClN2O3S. The van der Waals surface area contributed by atoms with E-state index in [2.05, 4.69) is 23.9 Å². The summed E-state index contributed by atoms with van der Waals surface area (Å²) in [7, 11) is -3.99. The number of halogens is 1. The Balaban J connectivity index is 1.86. The van der Waals surface area contributed by atoms with Crippen molar-refractivity contribution in [3.8, 4) is 0 Å². The van der Waals surface area contributed by atoms with Crippen LogP contribution in [0.3, 0.4) is 0 Å². The third-order valence-electron chi connectivity index (χ3n) is 5.17. The zero-order valence-corrected chi connectivity index (χ0v) is 19.4. The molecule has 162 valence electrons. The van der Waals surface area contributed by atoms with Crippen molar-refractivity contribution in [2.75, 3.05) is 10.0 Å². The normalized spacial score (nSPS) is 11.4. The molecule has 0 aromatic heterocycles. The maximum Gasteiger partial charge on any atom is 0.263 e. The van der Waals surface area contributed by atoms with E-state index in [4.69, 9.17) is 11.6 Å². The van der Waals surface area contributed by atoms with Gasteiger partial charge >= 0.3 is 0 Å². The van der Waals surface area contributed by atoms with Crippen LogP contribution in [0.2, 0.25) is 5.02 Å². The van der Waals surface area contributed by atoms with Crippen molar-refractivity contribution < 1.29 is 13.2 Å². The molecule has 2 N–H and O–H groups in total. The number of hydrogen-bond acceptors (Lipinski definition) is 3. The van der Waals surface area contributed by atoms with Gasteiger partial charge in [0.2, 0.25) is 0 Å². The van der Waals surface area contributed by atoms with E-state index < -0.39 is 15.9 Å². The van der Waals surface area contributed by atoms with Gasteiger partial charge in [-0.05, 0) is 72.9 Å². The van der Waals surface area contributed by atoms with Gasteiger partial charge in [-0.3, -0.25) is 9.52 Å². The number of aryl methyl sites for hydroxylation is 1. The van der Waals surface area contributed by atoms with Gasteiger partial charge in [0.15, 0.2) is 0 Å². The minimum atomic E-state index is -3.99. The summed E-state index contributed by atoms with van der Waals surface area (Å²) in [6.07, 6.45) is 0. The molecule has 0 aliphatic rings.